The van der Waals surface area contributed by atoms with Gasteiger partial charge in [0.15, 0.2) is 11.7 Å². The summed E-state index contributed by atoms with van der Waals surface area (Å²) in [6.45, 7) is 1.71. The predicted octanol–water partition coefficient (Wildman–Crippen LogP) is 4.31. The van der Waals surface area contributed by atoms with E-state index in [0.29, 0.717) is 16.1 Å². The van der Waals surface area contributed by atoms with Gasteiger partial charge in [-0.3, -0.25) is 19.7 Å². The van der Waals surface area contributed by atoms with Crippen LogP contribution in [0.1, 0.15) is 35.2 Å². The van der Waals surface area contributed by atoms with Gasteiger partial charge >= 0.3 is 5.97 Å². The molecule has 8 heteroatoms. The van der Waals surface area contributed by atoms with Crippen LogP contribution >= 0.6 is 11.6 Å². The van der Waals surface area contributed by atoms with Crippen LogP contribution in [0.5, 0.6) is 0 Å². The maximum Gasteiger partial charge on any atom is 0.323 e. The molecular formula is C20H17ClN2O5. The monoisotopic (exact) mass is 400 g/mol. The van der Waals surface area contributed by atoms with Crippen molar-refractivity contribution in [2.75, 3.05) is 6.61 Å². The number of nitro groups is 1. The van der Waals surface area contributed by atoms with Crippen molar-refractivity contribution < 1.29 is 19.2 Å². The molecule has 0 saturated carbocycles. The number of carbonyl (C=O) groups excluding carboxylic acids is 2. The van der Waals surface area contributed by atoms with Gasteiger partial charge in [0, 0.05) is 35.1 Å². The van der Waals surface area contributed by atoms with Crippen LogP contribution < -0.4 is 0 Å². The normalized spacial score (nSPS) is 12.5. The molecule has 2 aromatic carbocycles. The number of hydrogen-bond acceptors (Lipinski definition) is 6. The van der Waals surface area contributed by atoms with Crippen molar-refractivity contribution in [2.45, 2.75) is 19.3 Å². The van der Waals surface area contributed by atoms with Crippen LogP contribution in [0.3, 0.4) is 0 Å². The summed E-state index contributed by atoms with van der Waals surface area (Å²) in [7, 11) is 0. The molecular weight excluding hydrogens is 384 g/mol. The summed E-state index contributed by atoms with van der Waals surface area (Å²) in [4.78, 5) is 35.3. The van der Waals surface area contributed by atoms with Crippen molar-refractivity contribution in [2.24, 2.45) is 5.92 Å². The van der Waals surface area contributed by atoms with E-state index < -0.39 is 22.7 Å². The van der Waals surface area contributed by atoms with E-state index in [1.807, 2.05) is 6.07 Å². The summed E-state index contributed by atoms with van der Waals surface area (Å²) in [5.41, 5.74) is 0.723. The Morgan fingerprint density at radius 1 is 1.18 bits per heavy atom. The van der Waals surface area contributed by atoms with E-state index in [4.69, 9.17) is 16.3 Å². The Morgan fingerprint density at radius 3 is 2.29 bits per heavy atom. The number of halogens is 1. The van der Waals surface area contributed by atoms with Gasteiger partial charge in [-0.2, -0.15) is 5.26 Å². The Morgan fingerprint density at radius 2 is 1.79 bits per heavy atom. The van der Waals surface area contributed by atoms with Gasteiger partial charge in [-0.15, -0.1) is 0 Å². The average Bonchev–Trinajstić information content (AvgIpc) is 2.68. The third-order valence-corrected chi connectivity index (χ3v) is 4.44. The van der Waals surface area contributed by atoms with Gasteiger partial charge in [0.1, 0.15) is 0 Å². The van der Waals surface area contributed by atoms with Crippen molar-refractivity contribution in [1.82, 2.24) is 0 Å². The molecule has 0 aliphatic carbocycles. The molecule has 0 unspecified atom stereocenters. The zero-order valence-electron chi connectivity index (χ0n) is 15.0. The molecule has 0 amide bonds. The van der Waals surface area contributed by atoms with E-state index in [2.05, 4.69) is 0 Å². The molecule has 0 bridgehead atoms. The Labute approximate surface area is 166 Å². The Bertz CT molecular complexity index is 904. The summed E-state index contributed by atoms with van der Waals surface area (Å²) in [6.07, 6.45) is -0.142. The Kier molecular flexibility index (Phi) is 7.24. The molecule has 2 atom stereocenters. The molecule has 2 aromatic rings. The first kappa shape index (κ1) is 21.1. The van der Waals surface area contributed by atoms with Gasteiger partial charge in [0.25, 0.3) is 5.69 Å². The molecule has 0 heterocycles. The second-order valence-electron chi connectivity index (χ2n) is 5.95. The highest BCUT2D eigenvalue weighted by atomic mass is 35.5. The molecule has 2 rings (SSSR count). The minimum atomic E-state index is -1.22. The van der Waals surface area contributed by atoms with Crippen molar-refractivity contribution in [1.29, 1.82) is 5.26 Å². The fourth-order valence-corrected chi connectivity index (χ4v) is 2.89. The second-order valence-corrected chi connectivity index (χ2v) is 6.38. The highest BCUT2D eigenvalue weighted by Gasteiger charge is 2.33. The van der Waals surface area contributed by atoms with Crippen LogP contribution in [0.25, 0.3) is 0 Å². The fourth-order valence-electron chi connectivity index (χ4n) is 2.76. The Balaban J connectivity index is 2.38. The van der Waals surface area contributed by atoms with Gasteiger partial charge in [-0.1, -0.05) is 23.7 Å². The molecule has 0 N–H and O–H groups in total. The van der Waals surface area contributed by atoms with Crippen LogP contribution in [0.2, 0.25) is 5.02 Å². The fraction of sp³-hybridized carbons (Fsp3) is 0.250. The number of carbonyl (C=O) groups is 2. The van der Waals surface area contributed by atoms with E-state index in [1.165, 1.54) is 24.3 Å². The number of nitro benzene ring substituents is 1. The summed E-state index contributed by atoms with van der Waals surface area (Å²) in [5.74, 6) is -3.06. The Hall–Kier alpha value is -3.24. The number of hydrogen-bond donors (Lipinski definition) is 0. The van der Waals surface area contributed by atoms with Gasteiger partial charge < -0.3 is 4.74 Å². The average molecular weight is 401 g/mol. The van der Waals surface area contributed by atoms with Crippen LogP contribution in [0.4, 0.5) is 5.69 Å². The number of ether oxygens (including phenoxy) is 1. The number of nitrogens with zero attached hydrogens (tertiary/aromatic N) is 2. The molecule has 0 saturated heterocycles. The molecule has 0 fully saturated rings. The largest absolute Gasteiger partial charge is 0.465 e. The smallest absolute Gasteiger partial charge is 0.323 e. The lowest BCUT2D eigenvalue weighted by Crippen LogP contribution is -2.25. The quantitative estimate of drug-likeness (QED) is 0.282. The third-order valence-electron chi connectivity index (χ3n) is 4.19. The second kappa shape index (κ2) is 9.62. The molecule has 0 aromatic heterocycles. The van der Waals surface area contributed by atoms with Gasteiger partial charge in [-0.25, -0.2) is 0 Å². The molecule has 144 valence electrons. The van der Waals surface area contributed by atoms with Gasteiger partial charge in [0.05, 0.1) is 17.6 Å². The third kappa shape index (κ3) is 5.15. The first-order valence-corrected chi connectivity index (χ1v) is 8.84. The van der Waals surface area contributed by atoms with Crippen molar-refractivity contribution >= 4 is 29.0 Å². The summed E-state index contributed by atoms with van der Waals surface area (Å²) >= 11 is 5.84. The zero-order chi connectivity index (χ0) is 20.7. The van der Waals surface area contributed by atoms with Crippen LogP contribution in [-0.4, -0.2) is 23.3 Å². The summed E-state index contributed by atoms with van der Waals surface area (Å²) in [6, 6.07) is 13.6. The van der Waals surface area contributed by atoms with E-state index in [9.17, 15) is 25.0 Å². The number of nitriles is 1. The summed E-state index contributed by atoms with van der Waals surface area (Å²) in [5, 5.41) is 20.9. The van der Waals surface area contributed by atoms with Crippen molar-refractivity contribution in [3.8, 4) is 6.07 Å². The number of rotatable bonds is 8. The number of Topliss-reactive ketones (excluding diaryl/α,β-unsaturated/α-hetero) is 1. The SMILES string of the molecule is CCOC(=O)[C@H](C#N)[C@H](CC(=O)c1ccc(Cl)cc1)c1ccc([N+](=O)[O-])cc1. The zero-order valence-corrected chi connectivity index (χ0v) is 15.8. The standard InChI is InChI=1S/C20H17ClN2O5/c1-2-28-20(25)18(12-22)17(13-5-9-16(10-6-13)23(26)27)11-19(24)14-3-7-15(21)8-4-14/h3-10,17-18H,2,11H2,1H3/t17-,18-/m1/s1. The first-order chi connectivity index (χ1) is 13.4. The van der Waals surface area contributed by atoms with E-state index >= 15 is 0 Å². The summed E-state index contributed by atoms with van der Waals surface area (Å²) < 4.78 is 4.96. The van der Waals surface area contributed by atoms with Crippen LogP contribution in [0.15, 0.2) is 48.5 Å². The first-order valence-electron chi connectivity index (χ1n) is 8.46. The number of esters is 1. The lowest BCUT2D eigenvalue weighted by Gasteiger charge is -2.20. The predicted molar refractivity (Wildman–Crippen MR) is 102 cm³/mol. The lowest BCUT2D eigenvalue weighted by atomic mass is 9.82. The molecule has 0 aliphatic heterocycles. The molecule has 0 spiro atoms. The van der Waals surface area contributed by atoms with E-state index in [0.717, 1.165) is 0 Å². The van der Waals surface area contributed by atoms with Crippen molar-refractivity contribution in [3.63, 3.8) is 0 Å². The van der Waals surface area contributed by atoms with Crippen molar-refractivity contribution in [3.05, 3.63) is 74.8 Å². The molecule has 7 nitrogen and oxygen atoms in total. The maximum absolute atomic E-state index is 12.7. The van der Waals surface area contributed by atoms with Crippen LogP contribution in [0, 0.1) is 27.4 Å². The molecule has 28 heavy (non-hydrogen) atoms. The minimum Gasteiger partial charge on any atom is -0.465 e. The van der Waals surface area contributed by atoms with Gasteiger partial charge in [-0.05, 0) is 36.8 Å². The maximum atomic E-state index is 12.7. The molecule has 0 radical (unpaired) electrons. The van der Waals surface area contributed by atoms with Crippen LogP contribution in [-0.2, 0) is 9.53 Å². The molecule has 0 aliphatic rings. The van der Waals surface area contributed by atoms with E-state index in [-0.39, 0.29) is 24.5 Å². The lowest BCUT2D eigenvalue weighted by molar-refractivity contribution is -0.384. The van der Waals surface area contributed by atoms with Gasteiger partial charge in [0.2, 0.25) is 0 Å². The topological polar surface area (TPSA) is 110 Å². The highest BCUT2D eigenvalue weighted by molar-refractivity contribution is 6.30. The number of benzene rings is 2. The number of ketones is 1. The van der Waals surface area contributed by atoms with E-state index in [1.54, 1.807) is 31.2 Å². The number of non-ortho nitro benzene ring substituents is 1. The minimum absolute atomic E-state index is 0.0924. The highest BCUT2D eigenvalue weighted by Crippen LogP contribution is 2.32.